The molecule has 1 saturated heterocycles. The van der Waals surface area contributed by atoms with Crippen LogP contribution in [0.1, 0.15) is 54.0 Å². The molecule has 2 N–H and O–H groups in total. The maximum absolute atomic E-state index is 11.7. The maximum Gasteiger partial charge on any atom is 0.286 e. The summed E-state index contributed by atoms with van der Waals surface area (Å²) in [6.07, 6.45) is 4.08. The third-order valence-corrected chi connectivity index (χ3v) is 7.80. The first kappa shape index (κ1) is 23.5. The molecule has 2 atom stereocenters. The number of aromatic hydroxyl groups is 1. The Labute approximate surface area is 199 Å². The fourth-order valence-corrected chi connectivity index (χ4v) is 5.43. The number of hydrogen-bond donors (Lipinski definition) is 2. The second-order valence-electron chi connectivity index (χ2n) is 9.27. The van der Waals surface area contributed by atoms with Crippen molar-refractivity contribution in [1.82, 2.24) is 5.32 Å². The van der Waals surface area contributed by atoms with Crippen molar-refractivity contribution in [2.75, 3.05) is 6.61 Å². The zero-order valence-electron chi connectivity index (χ0n) is 19.6. The second-order valence-corrected chi connectivity index (χ2v) is 10.4. The average Bonchev–Trinajstić information content (AvgIpc) is 3.11. The van der Waals surface area contributed by atoms with Crippen LogP contribution in [0.4, 0.5) is 4.79 Å². The van der Waals surface area contributed by atoms with Crippen molar-refractivity contribution >= 4 is 22.9 Å². The van der Waals surface area contributed by atoms with E-state index in [0.29, 0.717) is 18.8 Å². The van der Waals surface area contributed by atoms with Gasteiger partial charge in [0.15, 0.2) is 0 Å². The number of rotatable bonds is 7. The van der Waals surface area contributed by atoms with E-state index < -0.39 is 0 Å². The van der Waals surface area contributed by atoms with Crippen molar-refractivity contribution in [3.05, 3.63) is 52.1 Å². The van der Waals surface area contributed by atoms with Crippen LogP contribution < -0.4 is 14.8 Å². The fourth-order valence-electron chi connectivity index (χ4n) is 4.57. The molecule has 33 heavy (non-hydrogen) atoms. The lowest BCUT2D eigenvalue weighted by Crippen LogP contribution is -2.37. The Kier molecular flexibility index (Phi) is 6.61. The quantitative estimate of drug-likeness (QED) is 0.545. The predicted octanol–water partition coefficient (Wildman–Crippen LogP) is 5.15. The smallest absolute Gasteiger partial charge is 0.286 e. The third-order valence-electron chi connectivity index (χ3n) is 6.82. The van der Waals surface area contributed by atoms with Crippen molar-refractivity contribution in [1.29, 1.82) is 0 Å². The van der Waals surface area contributed by atoms with E-state index in [2.05, 4.69) is 12.2 Å². The van der Waals surface area contributed by atoms with Gasteiger partial charge in [0.1, 0.15) is 22.8 Å². The molecule has 4 rings (SSSR count). The Morgan fingerprint density at radius 2 is 1.88 bits per heavy atom. The van der Waals surface area contributed by atoms with Crippen molar-refractivity contribution < 1.29 is 24.2 Å². The van der Waals surface area contributed by atoms with Gasteiger partial charge in [-0.15, -0.1) is 0 Å². The van der Waals surface area contributed by atoms with Crippen LogP contribution in [0.3, 0.4) is 0 Å². The van der Waals surface area contributed by atoms with Gasteiger partial charge in [-0.1, -0.05) is 23.9 Å². The zero-order valence-corrected chi connectivity index (χ0v) is 20.4. The summed E-state index contributed by atoms with van der Waals surface area (Å²) < 4.78 is 12.4. The molecule has 0 aromatic heterocycles. The second kappa shape index (κ2) is 9.29. The molecule has 7 heteroatoms. The molecule has 2 heterocycles. The standard InChI is InChI=1S/C26H31NO5S/c1-15-16(2)23-20(17(3)22(15)28)10-12-26(4,32-23)11-5-13-31-19-8-6-18(7-9-19)14-21-24(29)27-25(30)33-21/h6-9,21,28H,5,10-14H2,1-4H3,(H,27,29,30). The number of amides is 2. The van der Waals surface area contributed by atoms with Crippen LogP contribution in [0.15, 0.2) is 24.3 Å². The van der Waals surface area contributed by atoms with E-state index in [1.54, 1.807) is 0 Å². The van der Waals surface area contributed by atoms with Crippen LogP contribution in [0.2, 0.25) is 0 Å². The third kappa shape index (κ3) is 4.98. The minimum absolute atomic E-state index is 0.219. The molecule has 176 valence electrons. The van der Waals surface area contributed by atoms with E-state index >= 15 is 0 Å². The molecular weight excluding hydrogens is 438 g/mol. The van der Waals surface area contributed by atoms with E-state index in [0.717, 1.165) is 76.8 Å². The van der Waals surface area contributed by atoms with E-state index in [4.69, 9.17) is 9.47 Å². The molecule has 2 aromatic carbocycles. The number of thioether (sulfide) groups is 1. The summed E-state index contributed by atoms with van der Waals surface area (Å²) in [7, 11) is 0. The minimum Gasteiger partial charge on any atom is -0.507 e. The first-order valence-electron chi connectivity index (χ1n) is 11.4. The van der Waals surface area contributed by atoms with Gasteiger partial charge in [0.2, 0.25) is 5.91 Å². The molecule has 2 amide bonds. The maximum atomic E-state index is 11.7. The number of hydrogen-bond acceptors (Lipinski definition) is 6. The number of ether oxygens (including phenoxy) is 2. The molecular formula is C26H31NO5S. The molecule has 0 spiro atoms. The Morgan fingerprint density at radius 3 is 2.55 bits per heavy atom. The lowest BCUT2D eigenvalue weighted by atomic mass is 9.85. The number of benzene rings is 2. The highest BCUT2D eigenvalue weighted by atomic mass is 32.2. The fraction of sp³-hybridized carbons (Fsp3) is 0.462. The molecule has 2 aromatic rings. The molecule has 0 radical (unpaired) electrons. The van der Waals surface area contributed by atoms with Crippen molar-refractivity contribution in [2.24, 2.45) is 0 Å². The molecule has 1 fully saturated rings. The first-order chi connectivity index (χ1) is 15.7. The molecule has 2 unspecified atom stereocenters. The predicted molar refractivity (Wildman–Crippen MR) is 129 cm³/mol. The zero-order chi connectivity index (χ0) is 23.8. The van der Waals surface area contributed by atoms with Crippen molar-refractivity contribution in [2.45, 2.75) is 70.7 Å². The van der Waals surface area contributed by atoms with Gasteiger partial charge < -0.3 is 14.6 Å². The van der Waals surface area contributed by atoms with Crippen molar-refractivity contribution in [3.8, 4) is 17.2 Å². The highest BCUT2D eigenvalue weighted by molar-refractivity contribution is 8.15. The number of fused-ring (bicyclic) bond motifs is 1. The summed E-state index contributed by atoms with van der Waals surface area (Å²) in [4.78, 5) is 23.0. The average molecular weight is 470 g/mol. The van der Waals surface area contributed by atoms with E-state index in [1.165, 1.54) is 0 Å². The minimum atomic E-state index is -0.356. The van der Waals surface area contributed by atoms with Gasteiger partial charge >= 0.3 is 0 Å². The number of imide groups is 1. The number of carbonyl (C=O) groups excluding carboxylic acids is 2. The Morgan fingerprint density at radius 1 is 1.15 bits per heavy atom. The highest BCUT2D eigenvalue weighted by Gasteiger charge is 2.34. The number of nitrogens with one attached hydrogen (secondary N) is 1. The highest BCUT2D eigenvalue weighted by Crippen LogP contribution is 2.44. The van der Waals surface area contributed by atoms with Gasteiger partial charge in [-0.05, 0) is 94.2 Å². The Hall–Kier alpha value is -2.67. The van der Waals surface area contributed by atoms with Gasteiger partial charge in [-0.2, -0.15) is 0 Å². The monoisotopic (exact) mass is 469 g/mol. The van der Waals surface area contributed by atoms with Gasteiger partial charge in [0.25, 0.3) is 5.24 Å². The first-order valence-corrected chi connectivity index (χ1v) is 12.3. The van der Waals surface area contributed by atoms with Gasteiger partial charge in [0.05, 0.1) is 11.9 Å². The summed E-state index contributed by atoms with van der Waals surface area (Å²) in [6, 6.07) is 7.70. The summed E-state index contributed by atoms with van der Waals surface area (Å²) in [5, 5.41) is 12.0. The van der Waals surface area contributed by atoms with Crippen LogP contribution in [-0.4, -0.2) is 33.7 Å². The normalized spacial score (nSPS) is 22.0. The topological polar surface area (TPSA) is 84.9 Å². The van der Waals surface area contributed by atoms with Crippen LogP contribution >= 0.6 is 11.8 Å². The van der Waals surface area contributed by atoms with Crippen LogP contribution in [0, 0.1) is 20.8 Å². The molecule has 2 aliphatic rings. The van der Waals surface area contributed by atoms with Crippen LogP contribution in [0.5, 0.6) is 17.2 Å². The summed E-state index contributed by atoms with van der Waals surface area (Å²) in [5.41, 5.74) is 4.72. The summed E-state index contributed by atoms with van der Waals surface area (Å²) in [5.74, 6) is 1.89. The molecule has 6 nitrogen and oxygen atoms in total. The lowest BCUT2D eigenvalue weighted by Gasteiger charge is -2.38. The largest absolute Gasteiger partial charge is 0.507 e. The van der Waals surface area contributed by atoms with E-state index in [1.807, 2.05) is 45.0 Å². The van der Waals surface area contributed by atoms with E-state index in [-0.39, 0.29) is 22.0 Å². The molecule has 0 bridgehead atoms. The number of phenols is 1. The Bertz CT molecular complexity index is 1080. The number of carbonyl (C=O) groups is 2. The van der Waals surface area contributed by atoms with Gasteiger partial charge in [0, 0.05) is 5.56 Å². The Balaban J connectivity index is 1.28. The lowest BCUT2D eigenvalue weighted by molar-refractivity contribution is -0.118. The summed E-state index contributed by atoms with van der Waals surface area (Å²) >= 11 is 1.05. The van der Waals surface area contributed by atoms with Crippen LogP contribution in [-0.2, 0) is 17.6 Å². The summed E-state index contributed by atoms with van der Waals surface area (Å²) in [6.45, 7) is 8.66. The molecule has 2 aliphatic heterocycles. The molecule has 0 aliphatic carbocycles. The SMILES string of the molecule is Cc1c(C)c2c(c(C)c1O)CCC(C)(CCCOc1ccc(CC3SC(=O)NC3=O)cc1)O2. The van der Waals surface area contributed by atoms with Crippen molar-refractivity contribution in [3.63, 3.8) is 0 Å². The molecule has 0 saturated carbocycles. The van der Waals surface area contributed by atoms with Crippen LogP contribution in [0.25, 0.3) is 0 Å². The van der Waals surface area contributed by atoms with Gasteiger partial charge in [-0.25, -0.2) is 0 Å². The number of phenolic OH excluding ortho intramolecular Hbond substituents is 1. The van der Waals surface area contributed by atoms with E-state index in [9.17, 15) is 14.7 Å². The van der Waals surface area contributed by atoms with Gasteiger partial charge in [-0.3, -0.25) is 14.9 Å².